The van der Waals surface area contributed by atoms with E-state index in [-0.39, 0.29) is 16.3 Å². The molecule has 0 saturated carbocycles. The molecule has 1 N–H and O–H groups in total. The van der Waals surface area contributed by atoms with Crippen molar-refractivity contribution in [1.82, 2.24) is 0 Å². The molecule has 0 aliphatic rings. The highest BCUT2D eigenvalue weighted by Crippen LogP contribution is 2.24. The Bertz CT molecular complexity index is 684. The molecule has 2 aromatic carbocycles. The van der Waals surface area contributed by atoms with E-state index in [0.29, 0.717) is 5.69 Å². The molecule has 0 radical (unpaired) electrons. The smallest absolute Gasteiger partial charge is 0.283 e. The van der Waals surface area contributed by atoms with E-state index in [9.17, 15) is 14.9 Å². The van der Waals surface area contributed by atoms with E-state index in [1.807, 2.05) is 19.1 Å². The topological polar surface area (TPSA) is 72.2 Å². The van der Waals surface area contributed by atoms with Crippen LogP contribution in [0.5, 0.6) is 0 Å². The highest BCUT2D eigenvalue weighted by molar-refractivity contribution is 6.31. The Morgan fingerprint density at radius 1 is 1.24 bits per heavy atom. The lowest BCUT2D eigenvalue weighted by Crippen LogP contribution is -2.13. The summed E-state index contributed by atoms with van der Waals surface area (Å²) in [5, 5.41) is 13.8. The summed E-state index contributed by atoms with van der Waals surface area (Å²) >= 11 is 5.72. The van der Waals surface area contributed by atoms with Gasteiger partial charge >= 0.3 is 0 Å². The first-order valence-electron chi connectivity index (χ1n) is 6.35. The lowest BCUT2D eigenvalue weighted by Gasteiger charge is -2.07. The number of hydrogen-bond acceptors (Lipinski definition) is 3. The van der Waals surface area contributed by atoms with Crippen molar-refractivity contribution in [2.24, 2.45) is 0 Å². The van der Waals surface area contributed by atoms with Gasteiger partial charge in [-0.05, 0) is 36.2 Å². The number of carbonyl (C=O) groups is 1. The fourth-order valence-corrected chi connectivity index (χ4v) is 2.04. The number of nitrogens with one attached hydrogen (secondary N) is 1. The second kappa shape index (κ2) is 6.37. The summed E-state index contributed by atoms with van der Waals surface area (Å²) in [5.41, 5.74) is 1.39. The van der Waals surface area contributed by atoms with E-state index in [1.54, 1.807) is 12.1 Å². The number of aryl methyl sites for hydroxylation is 1. The van der Waals surface area contributed by atoms with Crippen molar-refractivity contribution in [1.29, 1.82) is 0 Å². The zero-order valence-electron chi connectivity index (χ0n) is 11.3. The molecular weight excluding hydrogens is 292 g/mol. The molecule has 0 atom stereocenters. The molecular formula is C15H13ClN2O3. The largest absolute Gasteiger partial charge is 0.322 e. The fraction of sp³-hybridized carbons (Fsp3) is 0.133. The maximum atomic E-state index is 12.1. The molecule has 6 heteroatoms. The first-order chi connectivity index (χ1) is 10.0. The number of rotatable bonds is 4. The fourth-order valence-electron chi connectivity index (χ4n) is 1.87. The van der Waals surface area contributed by atoms with Crippen molar-refractivity contribution in [2.75, 3.05) is 5.32 Å². The molecule has 21 heavy (non-hydrogen) atoms. The van der Waals surface area contributed by atoms with Crippen LogP contribution < -0.4 is 5.32 Å². The Kier molecular flexibility index (Phi) is 4.55. The van der Waals surface area contributed by atoms with Crippen LogP contribution in [0.15, 0.2) is 42.5 Å². The van der Waals surface area contributed by atoms with Gasteiger partial charge in [0.1, 0.15) is 5.56 Å². The SMILES string of the molecule is CCc1ccc(NC(=O)c2ccc(Cl)cc2[N+](=O)[O-])cc1. The quantitative estimate of drug-likeness (QED) is 0.683. The number of hydrogen-bond donors (Lipinski definition) is 1. The number of nitro groups is 1. The second-order valence-electron chi connectivity index (χ2n) is 4.42. The van der Waals surface area contributed by atoms with Gasteiger partial charge in [0.15, 0.2) is 0 Å². The average molecular weight is 305 g/mol. The van der Waals surface area contributed by atoms with Gasteiger partial charge in [-0.1, -0.05) is 30.7 Å². The van der Waals surface area contributed by atoms with Gasteiger partial charge in [-0.2, -0.15) is 0 Å². The minimum absolute atomic E-state index is 0.0241. The van der Waals surface area contributed by atoms with Crippen molar-refractivity contribution in [3.05, 3.63) is 68.7 Å². The Balaban J connectivity index is 2.25. The number of benzene rings is 2. The molecule has 2 aromatic rings. The van der Waals surface area contributed by atoms with E-state index in [1.165, 1.54) is 12.1 Å². The van der Waals surface area contributed by atoms with E-state index < -0.39 is 10.8 Å². The van der Waals surface area contributed by atoms with Crippen molar-refractivity contribution in [3.8, 4) is 0 Å². The maximum absolute atomic E-state index is 12.1. The number of nitro benzene ring substituents is 1. The van der Waals surface area contributed by atoms with E-state index in [4.69, 9.17) is 11.6 Å². The summed E-state index contributed by atoms with van der Waals surface area (Å²) in [5.74, 6) is -0.539. The molecule has 5 nitrogen and oxygen atoms in total. The molecule has 0 saturated heterocycles. The van der Waals surface area contributed by atoms with Crippen LogP contribution in [0.1, 0.15) is 22.8 Å². The van der Waals surface area contributed by atoms with E-state index in [0.717, 1.165) is 18.1 Å². The van der Waals surface area contributed by atoms with Crippen LogP contribution in [-0.2, 0) is 6.42 Å². The molecule has 1 amide bonds. The minimum Gasteiger partial charge on any atom is -0.322 e. The first kappa shape index (κ1) is 15.0. The number of nitrogens with zero attached hydrogens (tertiary/aromatic N) is 1. The summed E-state index contributed by atoms with van der Waals surface area (Å²) in [4.78, 5) is 22.5. The molecule has 0 aliphatic carbocycles. The maximum Gasteiger partial charge on any atom is 0.283 e. The third-order valence-electron chi connectivity index (χ3n) is 3.02. The normalized spacial score (nSPS) is 10.2. The molecule has 0 bridgehead atoms. The van der Waals surface area contributed by atoms with Crippen LogP contribution >= 0.6 is 11.6 Å². The predicted octanol–water partition coefficient (Wildman–Crippen LogP) is 4.06. The van der Waals surface area contributed by atoms with Crippen molar-refractivity contribution in [2.45, 2.75) is 13.3 Å². The Morgan fingerprint density at radius 2 is 1.90 bits per heavy atom. The highest BCUT2D eigenvalue weighted by atomic mass is 35.5. The van der Waals surface area contributed by atoms with Gasteiger partial charge in [0, 0.05) is 16.8 Å². The van der Waals surface area contributed by atoms with Crippen LogP contribution in [-0.4, -0.2) is 10.8 Å². The van der Waals surface area contributed by atoms with Crippen LogP contribution in [0.2, 0.25) is 5.02 Å². The van der Waals surface area contributed by atoms with Gasteiger partial charge in [-0.25, -0.2) is 0 Å². The first-order valence-corrected chi connectivity index (χ1v) is 6.73. The highest BCUT2D eigenvalue weighted by Gasteiger charge is 2.20. The van der Waals surface area contributed by atoms with Gasteiger partial charge in [0.2, 0.25) is 0 Å². The predicted molar refractivity (Wildman–Crippen MR) is 81.9 cm³/mol. The number of anilines is 1. The van der Waals surface area contributed by atoms with Gasteiger partial charge < -0.3 is 5.32 Å². The van der Waals surface area contributed by atoms with Crippen LogP contribution in [0.25, 0.3) is 0 Å². The average Bonchev–Trinajstić information content (AvgIpc) is 2.47. The molecule has 0 spiro atoms. The Hall–Kier alpha value is -2.40. The summed E-state index contributed by atoms with van der Waals surface area (Å²) in [6, 6.07) is 11.3. The van der Waals surface area contributed by atoms with Crippen LogP contribution in [0.3, 0.4) is 0 Å². The zero-order chi connectivity index (χ0) is 15.4. The molecule has 0 aliphatic heterocycles. The molecule has 108 valence electrons. The van der Waals surface area contributed by atoms with Gasteiger partial charge in [0.05, 0.1) is 4.92 Å². The Morgan fingerprint density at radius 3 is 2.48 bits per heavy atom. The van der Waals surface area contributed by atoms with Crippen LogP contribution in [0.4, 0.5) is 11.4 Å². The van der Waals surface area contributed by atoms with Crippen molar-refractivity contribution < 1.29 is 9.72 Å². The standard InChI is InChI=1S/C15H13ClN2O3/c1-2-10-3-6-12(7-4-10)17-15(19)13-8-5-11(16)9-14(13)18(20)21/h3-9H,2H2,1H3,(H,17,19). The minimum atomic E-state index is -0.624. The number of amides is 1. The lowest BCUT2D eigenvalue weighted by atomic mass is 10.1. The summed E-state index contributed by atoms with van der Waals surface area (Å²) in [6.07, 6.45) is 0.900. The van der Waals surface area contributed by atoms with Crippen molar-refractivity contribution >= 4 is 28.9 Å². The Labute approximate surface area is 126 Å². The third-order valence-corrected chi connectivity index (χ3v) is 3.26. The van der Waals surface area contributed by atoms with E-state index >= 15 is 0 Å². The molecule has 0 fully saturated rings. The van der Waals surface area contributed by atoms with Crippen LogP contribution in [0, 0.1) is 10.1 Å². The molecule has 2 rings (SSSR count). The van der Waals surface area contributed by atoms with E-state index in [2.05, 4.69) is 5.32 Å². The molecule has 0 heterocycles. The molecule has 0 aromatic heterocycles. The lowest BCUT2D eigenvalue weighted by molar-refractivity contribution is -0.385. The summed E-state index contributed by atoms with van der Waals surface area (Å²) in [6.45, 7) is 2.03. The summed E-state index contributed by atoms with van der Waals surface area (Å²) in [7, 11) is 0. The number of carbonyl (C=O) groups excluding carboxylic acids is 1. The third kappa shape index (κ3) is 3.58. The van der Waals surface area contributed by atoms with Crippen molar-refractivity contribution in [3.63, 3.8) is 0 Å². The summed E-state index contributed by atoms with van der Waals surface area (Å²) < 4.78 is 0. The van der Waals surface area contributed by atoms with Gasteiger partial charge in [0.25, 0.3) is 11.6 Å². The van der Waals surface area contributed by atoms with Gasteiger partial charge in [-0.15, -0.1) is 0 Å². The monoisotopic (exact) mass is 304 g/mol. The number of halogens is 1. The van der Waals surface area contributed by atoms with Gasteiger partial charge in [-0.3, -0.25) is 14.9 Å². The second-order valence-corrected chi connectivity index (χ2v) is 4.86. The molecule has 0 unspecified atom stereocenters. The zero-order valence-corrected chi connectivity index (χ0v) is 12.1.